The standard InChI is InChI=1S/C19H19N7O6.2Li/c20-19-25-15-14(17(30)26-19)23-11(8-22-15)7-21-10-3-1-9(2-4-10)16(29)24-12(18(31)32)5-6-13(27)28;;/h1-4,8,12,21H,5-7H2,(H,24,29)(H,27,28)(H,31,32)(H3,20,22,25,26,30);;/q;2*+1/p-2/t12-;;/m0../s1. The maximum atomic E-state index is 12.2. The summed E-state index contributed by atoms with van der Waals surface area (Å²) in [4.78, 5) is 60.2. The number of hydrogen-bond donors (Lipinski definition) is 4. The van der Waals surface area contributed by atoms with Crippen LogP contribution in [0.2, 0.25) is 0 Å². The van der Waals surface area contributed by atoms with E-state index in [0.717, 1.165) is 0 Å². The number of fused-ring (bicyclic) bond motifs is 1. The first kappa shape index (κ1) is 28.7. The zero-order valence-corrected chi connectivity index (χ0v) is 18.5. The van der Waals surface area contributed by atoms with Gasteiger partial charge in [-0.2, -0.15) is 4.98 Å². The van der Waals surface area contributed by atoms with E-state index in [2.05, 4.69) is 30.6 Å². The van der Waals surface area contributed by atoms with E-state index in [1.54, 1.807) is 12.1 Å². The van der Waals surface area contributed by atoms with Crippen LogP contribution in [0, 0.1) is 0 Å². The van der Waals surface area contributed by atoms with Crippen LogP contribution < -0.4 is 69.9 Å². The Balaban J connectivity index is 0.00000289. The van der Waals surface area contributed by atoms with Crippen LogP contribution in [0.5, 0.6) is 0 Å². The molecule has 3 rings (SSSR count). The molecule has 0 saturated carbocycles. The number of amides is 1. The Labute approximate surface area is 216 Å². The van der Waals surface area contributed by atoms with Gasteiger partial charge in [0.05, 0.1) is 30.4 Å². The third-order valence-corrected chi connectivity index (χ3v) is 4.33. The van der Waals surface area contributed by atoms with Crippen molar-refractivity contribution in [2.75, 3.05) is 11.1 Å². The molecule has 2 aromatic heterocycles. The average Bonchev–Trinajstić information content (AvgIpc) is 2.75. The number of rotatable bonds is 9. The molecule has 1 amide bonds. The van der Waals surface area contributed by atoms with Crippen molar-refractivity contribution in [3.63, 3.8) is 0 Å². The molecule has 1 atom stereocenters. The summed E-state index contributed by atoms with van der Waals surface area (Å²) in [6.45, 7) is 0.217. The number of nitrogens with one attached hydrogen (secondary N) is 3. The van der Waals surface area contributed by atoms with Crippen LogP contribution in [-0.2, 0) is 16.1 Å². The fraction of sp³-hybridized carbons (Fsp3) is 0.211. The number of nitrogens with two attached hydrogens (primary N) is 1. The van der Waals surface area contributed by atoms with Crippen molar-refractivity contribution in [2.45, 2.75) is 25.4 Å². The number of anilines is 2. The molecule has 0 fully saturated rings. The molecule has 0 spiro atoms. The van der Waals surface area contributed by atoms with Gasteiger partial charge in [0.15, 0.2) is 11.2 Å². The molecule has 13 nitrogen and oxygen atoms in total. The van der Waals surface area contributed by atoms with Crippen molar-refractivity contribution in [3.05, 3.63) is 52.1 Å². The molecule has 0 aliphatic carbocycles. The maximum absolute atomic E-state index is 12.2. The molecule has 34 heavy (non-hydrogen) atoms. The fourth-order valence-electron chi connectivity index (χ4n) is 2.74. The summed E-state index contributed by atoms with van der Waals surface area (Å²) in [6, 6.07) is 4.59. The molecule has 0 saturated heterocycles. The number of nitrogen functional groups attached to an aromatic ring is 1. The largest absolute Gasteiger partial charge is 1.00 e. The molecule has 0 aliphatic heterocycles. The minimum atomic E-state index is -1.59. The van der Waals surface area contributed by atoms with Gasteiger partial charge in [-0.25, -0.2) is 9.97 Å². The predicted molar refractivity (Wildman–Crippen MR) is 107 cm³/mol. The molecular weight excluding hydrogens is 436 g/mol. The number of hydrogen-bond acceptors (Lipinski definition) is 11. The van der Waals surface area contributed by atoms with Gasteiger partial charge in [0, 0.05) is 17.2 Å². The van der Waals surface area contributed by atoms with Gasteiger partial charge in [-0.3, -0.25) is 14.6 Å². The number of benzene rings is 1. The number of H-pyrrole nitrogens is 1. The number of nitrogens with zero attached hydrogens (tertiary/aromatic N) is 3. The number of aromatic nitrogens is 4. The maximum Gasteiger partial charge on any atom is 1.00 e. The first-order valence-corrected chi connectivity index (χ1v) is 9.30. The van der Waals surface area contributed by atoms with E-state index >= 15 is 0 Å². The van der Waals surface area contributed by atoms with E-state index < -0.39 is 35.9 Å². The second kappa shape index (κ2) is 12.8. The Morgan fingerprint density at radius 2 is 1.76 bits per heavy atom. The second-order valence-electron chi connectivity index (χ2n) is 6.67. The third-order valence-electron chi connectivity index (χ3n) is 4.33. The zero-order valence-electron chi connectivity index (χ0n) is 18.5. The smallest absolute Gasteiger partial charge is 0.550 e. The van der Waals surface area contributed by atoms with Crippen LogP contribution in [-0.4, -0.2) is 43.8 Å². The number of aromatic amines is 1. The van der Waals surface area contributed by atoms with Gasteiger partial charge >= 0.3 is 37.7 Å². The van der Waals surface area contributed by atoms with Crippen LogP contribution in [0.25, 0.3) is 11.2 Å². The summed E-state index contributed by atoms with van der Waals surface area (Å²) in [5.41, 5.74) is 6.37. The van der Waals surface area contributed by atoms with Gasteiger partial charge in [-0.15, -0.1) is 0 Å². The molecule has 0 bridgehead atoms. The molecule has 15 heteroatoms. The second-order valence-corrected chi connectivity index (χ2v) is 6.67. The predicted octanol–water partition coefficient (Wildman–Crippen LogP) is -8.71. The van der Waals surface area contributed by atoms with E-state index in [9.17, 15) is 29.4 Å². The van der Waals surface area contributed by atoms with Crippen molar-refractivity contribution >= 4 is 40.6 Å². The summed E-state index contributed by atoms with van der Waals surface area (Å²) in [7, 11) is 0. The molecule has 0 radical (unpaired) electrons. The number of carbonyl (C=O) groups excluding carboxylic acids is 3. The average molecular weight is 453 g/mol. The summed E-state index contributed by atoms with van der Waals surface area (Å²) in [6.07, 6.45) is 0.554. The SMILES string of the molecule is Nc1nc2ncc(CNc3ccc(C(=O)N[C@@H](CCC(=O)[O-])C(=O)[O-])cc3)nc2c(=O)[nH]1.[Li+].[Li+]. The topological polar surface area (TPSA) is 219 Å². The van der Waals surface area contributed by atoms with E-state index in [1.807, 2.05) is 0 Å². The molecule has 0 unspecified atom stereocenters. The van der Waals surface area contributed by atoms with Gasteiger partial charge in [-0.05, 0) is 37.1 Å². The fourth-order valence-corrected chi connectivity index (χ4v) is 2.74. The number of aliphatic carboxylic acids is 2. The number of carbonyl (C=O) groups is 3. The van der Waals surface area contributed by atoms with E-state index in [0.29, 0.717) is 11.4 Å². The molecule has 2 heterocycles. The third kappa shape index (κ3) is 7.61. The van der Waals surface area contributed by atoms with Gasteiger partial charge in [0.1, 0.15) is 0 Å². The number of carboxylic acids is 2. The van der Waals surface area contributed by atoms with Gasteiger partial charge < -0.3 is 36.2 Å². The first-order valence-electron chi connectivity index (χ1n) is 9.30. The Kier molecular flexibility index (Phi) is 10.8. The van der Waals surface area contributed by atoms with Crippen LogP contribution in [0.15, 0.2) is 35.3 Å². The number of carboxylic acid groups (broad SMARTS) is 2. The van der Waals surface area contributed by atoms with Gasteiger partial charge in [-0.1, -0.05) is 0 Å². The van der Waals surface area contributed by atoms with Crippen molar-refractivity contribution in [1.82, 2.24) is 25.3 Å². The summed E-state index contributed by atoms with van der Waals surface area (Å²) >= 11 is 0. The van der Waals surface area contributed by atoms with E-state index in [1.165, 1.54) is 18.3 Å². The van der Waals surface area contributed by atoms with Gasteiger partial charge in [0.25, 0.3) is 11.5 Å². The minimum absolute atomic E-state index is 0. The van der Waals surface area contributed by atoms with E-state index in [4.69, 9.17) is 5.73 Å². The Morgan fingerprint density at radius 1 is 1.09 bits per heavy atom. The van der Waals surface area contributed by atoms with Crippen molar-refractivity contribution in [1.29, 1.82) is 0 Å². The van der Waals surface area contributed by atoms with Crippen molar-refractivity contribution < 1.29 is 62.3 Å². The quantitative estimate of drug-likeness (QED) is 0.223. The molecule has 3 aromatic rings. The normalized spacial score (nSPS) is 10.9. The van der Waals surface area contributed by atoms with Crippen molar-refractivity contribution in [2.24, 2.45) is 0 Å². The van der Waals surface area contributed by atoms with Crippen LogP contribution in [0.1, 0.15) is 28.9 Å². The molecule has 5 N–H and O–H groups in total. The van der Waals surface area contributed by atoms with Crippen LogP contribution in [0.4, 0.5) is 11.6 Å². The van der Waals surface area contributed by atoms with Crippen LogP contribution >= 0.6 is 0 Å². The van der Waals surface area contributed by atoms with Crippen LogP contribution in [0.3, 0.4) is 0 Å². The molecular formula is C19H17Li2N7O6. The molecule has 166 valence electrons. The zero-order chi connectivity index (χ0) is 23.3. The Morgan fingerprint density at radius 3 is 2.38 bits per heavy atom. The Bertz CT molecular complexity index is 1240. The first-order chi connectivity index (χ1) is 15.2. The monoisotopic (exact) mass is 453 g/mol. The summed E-state index contributed by atoms with van der Waals surface area (Å²) < 4.78 is 0. The Hall–Kier alpha value is -3.36. The molecule has 0 aliphatic rings. The summed E-state index contributed by atoms with van der Waals surface area (Å²) in [5, 5.41) is 26.8. The van der Waals surface area contributed by atoms with E-state index in [-0.39, 0.29) is 73.4 Å². The molecule has 1 aromatic carbocycles. The van der Waals surface area contributed by atoms with Crippen molar-refractivity contribution in [3.8, 4) is 0 Å². The summed E-state index contributed by atoms with van der Waals surface area (Å²) in [5.74, 6) is -3.78. The van der Waals surface area contributed by atoms with Gasteiger partial charge in [0.2, 0.25) is 5.95 Å². The minimum Gasteiger partial charge on any atom is -0.550 e.